The van der Waals surface area contributed by atoms with Gasteiger partial charge in [0, 0.05) is 17.6 Å². The molecule has 0 aliphatic carbocycles. The van der Waals surface area contributed by atoms with Gasteiger partial charge in [-0.15, -0.1) is 11.3 Å². The van der Waals surface area contributed by atoms with Gasteiger partial charge >= 0.3 is 0 Å². The Balaban J connectivity index is 1.92. The summed E-state index contributed by atoms with van der Waals surface area (Å²) in [6.45, 7) is 2.22. The van der Waals surface area contributed by atoms with Gasteiger partial charge in [-0.25, -0.2) is 13.6 Å². The second-order valence-electron chi connectivity index (χ2n) is 4.44. The van der Waals surface area contributed by atoms with Crippen molar-refractivity contribution in [2.75, 3.05) is 6.54 Å². The molecule has 8 heteroatoms. The fourth-order valence-corrected chi connectivity index (χ4v) is 3.53. The first-order chi connectivity index (χ1) is 9.88. The number of nitrogens with zero attached hydrogens (tertiary/aromatic N) is 1. The lowest BCUT2D eigenvalue weighted by Gasteiger charge is -2.05. The van der Waals surface area contributed by atoms with Gasteiger partial charge in [-0.2, -0.15) is 0 Å². The van der Waals surface area contributed by atoms with Crippen molar-refractivity contribution in [3.63, 3.8) is 0 Å². The highest BCUT2D eigenvalue weighted by atomic mass is 32.2. The minimum Gasteiger partial charge on any atom is -0.350 e. The van der Waals surface area contributed by atoms with Crippen LogP contribution in [0.5, 0.6) is 0 Å². The van der Waals surface area contributed by atoms with E-state index in [0.29, 0.717) is 18.7 Å². The van der Waals surface area contributed by atoms with Crippen LogP contribution in [0.25, 0.3) is 0 Å². The number of hydrogen-bond acceptors (Lipinski definition) is 5. The van der Waals surface area contributed by atoms with Crippen LogP contribution >= 0.6 is 11.3 Å². The van der Waals surface area contributed by atoms with E-state index >= 15 is 0 Å². The van der Waals surface area contributed by atoms with Crippen LogP contribution < -0.4 is 10.5 Å². The number of carbonyl (C=O) groups excluding carboxylic acids is 1. The third kappa shape index (κ3) is 4.10. The molecule has 0 fully saturated rings. The van der Waals surface area contributed by atoms with Gasteiger partial charge in [-0.3, -0.25) is 9.78 Å². The highest BCUT2D eigenvalue weighted by Gasteiger charge is 2.12. The number of thiophene rings is 1. The number of pyridine rings is 1. The van der Waals surface area contributed by atoms with E-state index in [4.69, 9.17) is 5.14 Å². The SMILES string of the molecule is Cc1cccnc1C(=O)NCCc1ccc(S(N)(=O)=O)s1. The van der Waals surface area contributed by atoms with E-state index in [2.05, 4.69) is 10.3 Å². The zero-order valence-electron chi connectivity index (χ0n) is 11.4. The zero-order chi connectivity index (χ0) is 15.5. The molecule has 0 radical (unpaired) electrons. The van der Waals surface area contributed by atoms with E-state index in [1.54, 1.807) is 18.3 Å². The largest absolute Gasteiger partial charge is 0.350 e. The number of sulfonamides is 1. The summed E-state index contributed by atoms with van der Waals surface area (Å²) in [5, 5.41) is 7.81. The van der Waals surface area contributed by atoms with Crippen LogP contribution in [-0.4, -0.2) is 25.9 Å². The van der Waals surface area contributed by atoms with E-state index in [0.717, 1.165) is 21.8 Å². The van der Waals surface area contributed by atoms with Gasteiger partial charge in [0.25, 0.3) is 5.91 Å². The van der Waals surface area contributed by atoms with Crippen molar-refractivity contribution >= 4 is 27.3 Å². The fourth-order valence-electron chi connectivity index (χ4n) is 1.75. The van der Waals surface area contributed by atoms with Gasteiger partial charge in [0.15, 0.2) is 0 Å². The van der Waals surface area contributed by atoms with Gasteiger partial charge in [0.05, 0.1) is 0 Å². The average Bonchev–Trinajstić information content (AvgIpc) is 2.88. The van der Waals surface area contributed by atoms with Gasteiger partial charge < -0.3 is 5.32 Å². The summed E-state index contributed by atoms with van der Waals surface area (Å²) in [6, 6.07) is 6.76. The molecule has 0 aromatic carbocycles. The van der Waals surface area contributed by atoms with Crippen molar-refractivity contribution in [3.8, 4) is 0 Å². The summed E-state index contributed by atoms with van der Waals surface area (Å²) in [5.74, 6) is -0.240. The Bertz CT molecular complexity index is 754. The number of amides is 1. The summed E-state index contributed by atoms with van der Waals surface area (Å²) < 4.78 is 22.5. The molecule has 0 aliphatic rings. The Morgan fingerprint density at radius 3 is 2.76 bits per heavy atom. The lowest BCUT2D eigenvalue weighted by Crippen LogP contribution is -2.27. The van der Waals surface area contributed by atoms with E-state index < -0.39 is 10.0 Å². The molecule has 0 atom stereocenters. The van der Waals surface area contributed by atoms with Gasteiger partial charge in [-0.05, 0) is 37.1 Å². The van der Waals surface area contributed by atoms with E-state index in [9.17, 15) is 13.2 Å². The lowest BCUT2D eigenvalue weighted by molar-refractivity contribution is 0.0948. The van der Waals surface area contributed by atoms with Crippen molar-refractivity contribution in [1.82, 2.24) is 10.3 Å². The number of aryl methyl sites for hydroxylation is 1. The van der Waals surface area contributed by atoms with Crippen LogP contribution in [0.15, 0.2) is 34.7 Å². The zero-order valence-corrected chi connectivity index (χ0v) is 13.0. The normalized spacial score (nSPS) is 11.3. The molecule has 0 unspecified atom stereocenters. The summed E-state index contributed by atoms with van der Waals surface area (Å²) >= 11 is 1.11. The third-order valence-corrected chi connectivity index (χ3v) is 5.38. The molecule has 2 aromatic rings. The number of hydrogen-bond donors (Lipinski definition) is 2. The van der Waals surface area contributed by atoms with E-state index in [1.165, 1.54) is 6.07 Å². The Morgan fingerprint density at radius 1 is 1.38 bits per heavy atom. The van der Waals surface area contributed by atoms with Crippen LogP contribution in [0.1, 0.15) is 20.9 Å². The Hall–Kier alpha value is -1.77. The predicted molar refractivity (Wildman–Crippen MR) is 80.7 cm³/mol. The Kier molecular flexibility index (Phi) is 4.71. The maximum absolute atomic E-state index is 11.9. The van der Waals surface area contributed by atoms with Crippen molar-refractivity contribution < 1.29 is 13.2 Å². The molecule has 6 nitrogen and oxygen atoms in total. The van der Waals surface area contributed by atoms with Crippen LogP contribution in [0.3, 0.4) is 0 Å². The lowest BCUT2D eigenvalue weighted by atomic mass is 10.2. The van der Waals surface area contributed by atoms with Gasteiger partial charge in [0.2, 0.25) is 10.0 Å². The Morgan fingerprint density at radius 2 is 2.14 bits per heavy atom. The summed E-state index contributed by atoms with van der Waals surface area (Å²) in [7, 11) is -3.65. The monoisotopic (exact) mass is 325 g/mol. The molecule has 0 saturated carbocycles. The van der Waals surface area contributed by atoms with Gasteiger partial charge in [0.1, 0.15) is 9.90 Å². The molecule has 0 spiro atoms. The topological polar surface area (TPSA) is 102 Å². The number of rotatable bonds is 5. The molecule has 0 saturated heterocycles. The highest BCUT2D eigenvalue weighted by Crippen LogP contribution is 2.20. The molecule has 112 valence electrons. The van der Waals surface area contributed by atoms with E-state index in [-0.39, 0.29) is 10.1 Å². The molecule has 2 aromatic heterocycles. The van der Waals surface area contributed by atoms with Crippen molar-refractivity contribution in [3.05, 3.63) is 46.6 Å². The predicted octanol–water partition coefficient (Wildman–Crippen LogP) is 1.07. The van der Waals surface area contributed by atoms with E-state index in [1.807, 2.05) is 13.0 Å². The molecule has 0 aliphatic heterocycles. The minimum atomic E-state index is -3.65. The maximum atomic E-state index is 11.9. The third-order valence-electron chi connectivity index (χ3n) is 2.80. The number of primary sulfonamides is 1. The van der Waals surface area contributed by atoms with Crippen LogP contribution in [0.2, 0.25) is 0 Å². The molecule has 0 bridgehead atoms. The molecule has 3 N–H and O–H groups in total. The average molecular weight is 325 g/mol. The summed E-state index contributed by atoms with van der Waals surface area (Å²) in [6.07, 6.45) is 2.11. The second-order valence-corrected chi connectivity index (χ2v) is 7.40. The van der Waals surface area contributed by atoms with Crippen LogP contribution in [0, 0.1) is 6.92 Å². The molecule has 1 amide bonds. The highest BCUT2D eigenvalue weighted by molar-refractivity contribution is 7.91. The Labute approximate surface area is 127 Å². The van der Waals surface area contributed by atoms with Crippen molar-refractivity contribution in [1.29, 1.82) is 0 Å². The standard InChI is InChI=1S/C13H15N3O3S2/c1-9-3-2-7-15-12(9)13(17)16-8-6-10-4-5-11(20-10)21(14,18)19/h2-5,7H,6,8H2,1H3,(H,16,17)(H2,14,18,19). The summed E-state index contributed by atoms with van der Waals surface area (Å²) in [4.78, 5) is 16.8. The first kappa shape index (κ1) is 15.6. The molecule has 2 heterocycles. The minimum absolute atomic E-state index is 0.129. The molecular weight excluding hydrogens is 310 g/mol. The summed E-state index contributed by atoms with van der Waals surface area (Å²) in [5.41, 5.74) is 1.21. The molecule has 21 heavy (non-hydrogen) atoms. The van der Waals surface area contributed by atoms with Crippen LogP contribution in [-0.2, 0) is 16.4 Å². The molecule has 2 rings (SSSR count). The number of carbonyl (C=O) groups is 1. The number of aromatic nitrogens is 1. The smallest absolute Gasteiger partial charge is 0.270 e. The molecular formula is C13H15N3O3S2. The number of nitrogens with two attached hydrogens (primary N) is 1. The second kappa shape index (κ2) is 6.33. The first-order valence-electron chi connectivity index (χ1n) is 6.19. The van der Waals surface area contributed by atoms with Crippen LogP contribution in [0.4, 0.5) is 0 Å². The first-order valence-corrected chi connectivity index (χ1v) is 8.55. The quantitative estimate of drug-likeness (QED) is 0.858. The van der Waals surface area contributed by atoms with Gasteiger partial charge in [-0.1, -0.05) is 6.07 Å². The number of nitrogens with one attached hydrogen (secondary N) is 1. The fraction of sp³-hybridized carbons (Fsp3) is 0.231. The maximum Gasteiger partial charge on any atom is 0.270 e. The van der Waals surface area contributed by atoms with Crippen molar-refractivity contribution in [2.24, 2.45) is 5.14 Å². The van der Waals surface area contributed by atoms with Crippen molar-refractivity contribution in [2.45, 2.75) is 17.6 Å².